The predicted octanol–water partition coefficient (Wildman–Crippen LogP) is 1.72. The van der Waals surface area contributed by atoms with Crippen LogP contribution in [0, 0.1) is 11.3 Å². The number of carbonyl (C=O) groups excluding carboxylic acids is 1. The van der Waals surface area contributed by atoms with Gasteiger partial charge in [0, 0.05) is 43.4 Å². The van der Waals surface area contributed by atoms with E-state index in [0.717, 1.165) is 34.5 Å². The fourth-order valence-corrected chi connectivity index (χ4v) is 4.17. The van der Waals surface area contributed by atoms with Gasteiger partial charge in [-0.3, -0.25) is 9.78 Å². The van der Waals surface area contributed by atoms with Crippen molar-refractivity contribution in [2.45, 2.75) is 31.9 Å². The first-order valence-electron chi connectivity index (χ1n) is 8.19. The number of nitrogen functional groups attached to an aromatic ring is 1. The van der Waals surface area contributed by atoms with E-state index in [4.69, 9.17) is 10.5 Å². The van der Waals surface area contributed by atoms with Gasteiger partial charge in [0.25, 0.3) is 5.91 Å². The number of amides is 1. The number of nitrogens with two attached hydrogens (primary N) is 1. The molecule has 8 heteroatoms. The Morgan fingerprint density at radius 1 is 1.52 bits per heavy atom. The molecule has 1 atom stereocenters. The van der Waals surface area contributed by atoms with Crippen LogP contribution in [0.15, 0.2) is 11.7 Å². The molecular weight excluding hydrogens is 338 g/mol. The smallest absolute Gasteiger partial charge is 0.252 e. The Hall–Kier alpha value is -2.50. The minimum Gasteiger partial charge on any atom is -0.383 e. The van der Waals surface area contributed by atoms with Crippen LogP contribution in [-0.4, -0.2) is 40.0 Å². The van der Waals surface area contributed by atoms with Crippen LogP contribution in [0.5, 0.6) is 0 Å². The van der Waals surface area contributed by atoms with Gasteiger partial charge in [0.05, 0.1) is 16.1 Å². The molecule has 2 N–H and O–H groups in total. The normalized spacial score (nSPS) is 19.5. The van der Waals surface area contributed by atoms with Gasteiger partial charge in [0.1, 0.15) is 23.6 Å². The quantitative estimate of drug-likeness (QED) is 0.879. The maximum Gasteiger partial charge on any atom is 0.252 e. The Morgan fingerprint density at radius 2 is 2.40 bits per heavy atom. The molecule has 1 fully saturated rings. The van der Waals surface area contributed by atoms with Gasteiger partial charge in [-0.15, -0.1) is 11.3 Å². The summed E-state index contributed by atoms with van der Waals surface area (Å²) in [5.41, 5.74) is 10.6. The van der Waals surface area contributed by atoms with Crippen molar-refractivity contribution in [2.75, 3.05) is 18.9 Å². The first-order chi connectivity index (χ1) is 12.2. The van der Waals surface area contributed by atoms with Crippen LogP contribution in [0.3, 0.4) is 0 Å². The average Bonchev–Trinajstić information content (AvgIpc) is 3.33. The lowest BCUT2D eigenvalue weighted by molar-refractivity contribution is -0.141. The minimum atomic E-state index is -0.342. The SMILES string of the molecule is N#Cc1c(N)nc2c(c1-c1cncs1)CN(C(=O)C1CCCO1)CC2. The van der Waals surface area contributed by atoms with Crippen LogP contribution < -0.4 is 5.73 Å². The number of fused-ring (bicyclic) bond motifs is 1. The van der Waals surface area contributed by atoms with E-state index in [1.807, 2.05) is 4.90 Å². The third-order valence-electron chi connectivity index (χ3n) is 4.69. The molecule has 2 aliphatic heterocycles. The second-order valence-corrected chi connectivity index (χ2v) is 7.05. The van der Waals surface area contributed by atoms with Gasteiger partial charge in [-0.1, -0.05) is 0 Å². The van der Waals surface area contributed by atoms with Crippen molar-refractivity contribution in [3.05, 3.63) is 28.5 Å². The standard InChI is InChI=1S/C17H17N5O2S/c18-6-10-15(14-7-20-9-25-14)11-8-22(4-3-12(11)21-16(10)19)17(23)13-2-1-5-24-13/h7,9,13H,1-5,8H2,(H2,19,21). The molecule has 0 bridgehead atoms. The zero-order chi connectivity index (χ0) is 17.4. The minimum absolute atomic E-state index is 0.0220. The third kappa shape index (κ3) is 2.75. The molecule has 1 amide bonds. The summed E-state index contributed by atoms with van der Waals surface area (Å²) < 4.78 is 5.54. The zero-order valence-electron chi connectivity index (χ0n) is 13.6. The summed E-state index contributed by atoms with van der Waals surface area (Å²) in [7, 11) is 0. The van der Waals surface area contributed by atoms with E-state index in [9.17, 15) is 10.1 Å². The Balaban J connectivity index is 1.76. The molecule has 7 nitrogen and oxygen atoms in total. The highest BCUT2D eigenvalue weighted by Crippen LogP contribution is 2.37. The second kappa shape index (κ2) is 6.43. The molecule has 4 heterocycles. The molecular formula is C17H17N5O2S. The highest BCUT2D eigenvalue weighted by Gasteiger charge is 2.33. The van der Waals surface area contributed by atoms with Gasteiger partial charge in [-0.25, -0.2) is 4.98 Å². The first-order valence-corrected chi connectivity index (χ1v) is 9.07. The summed E-state index contributed by atoms with van der Waals surface area (Å²) in [5, 5.41) is 9.56. The van der Waals surface area contributed by atoms with E-state index in [2.05, 4.69) is 16.0 Å². The molecule has 0 aromatic carbocycles. The van der Waals surface area contributed by atoms with Gasteiger partial charge in [-0.05, 0) is 12.8 Å². The fraction of sp³-hybridized carbons (Fsp3) is 0.412. The molecule has 4 rings (SSSR count). The van der Waals surface area contributed by atoms with Crippen molar-refractivity contribution in [3.63, 3.8) is 0 Å². The lowest BCUT2D eigenvalue weighted by atomic mass is 9.95. The van der Waals surface area contributed by atoms with Crippen LogP contribution in [0.25, 0.3) is 10.4 Å². The number of hydrogen-bond acceptors (Lipinski definition) is 7. The number of nitrogens with zero attached hydrogens (tertiary/aromatic N) is 4. The van der Waals surface area contributed by atoms with Crippen LogP contribution in [0.1, 0.15) is 29.7 Å². The lowest BCUT2D eigenvalue weighted by Gasteiger charge is -2.31. The largest absolute Gasteiger partial charge is 0.383 e. The van der Waals surface area contributed by atoms with Gasteiger partial charge < -0.3 is 15.4 Å². The fourth-order valence-electron chi connectivity index (χ4n) is 3.47. The number of thiazole rings is 1. The molecule has 0 aliphatic carbocycles. The summed E-state index contributed by atoms with van der Waals surface area (Å²) in [6.07, 6.45) is 3.69. The number of nitriles is 1. The molecule has 2 aliphatic rings. The number of ether oxygens (including phenoxy) is 1. The Labute approximate surface area is 149 Å². The maximum absolute atomic E-state index is 12.7. The van der Waals surface area contributed by atoms with Gasteiger partial charge >= 0.3 is 0 Å². The maximum atomic E-state index is 12.7. The van der Waals surface area contributed by atoms with E-state index in [1.165, 1.54) is 11.3 Å². The van der Waals surface area contributed by atoms with E-state index >= 15 is 0 Å². The molecule has 1 saturated heterocycles. The van der Waals surface area contributed by atoms with Crippen molar-refractivity contribution in [2.24, 2.45) is 0 Å². The topological polar surface area (TPSA) is 105 Å². The molecule has 128 valence electrons. The molecule has 2 aromatic rings. The van der Waals surface area contributed by atoms with Crippen LogP contribution in [-0.2, 0) is 22.5 Å². The molecule has 1 unspecified atom stereocenters. The van der Waals surface area contributed by atoms with Crippen molar-refractivity contribution in [3.8, 4) is 16.5 Å². The summed E-state index contributed by atoms with van der Waals surface area (Å²) in [6, 6.07) is 2.16. The van der Waals surface area contributed by atoms with Gasteiger partial charge in [0.15, 0.2) is 0 Å². The number of anilines is 1. The summed E-state index contributed by atoms with van der Waals surface area (Å²) in [4.78, 5) is 23.9. The number of aromatic nitrogens is 2. The Bertz CT molecular complexity index is 853. The molecule has 0 spiro atoms. The van der Waals surface area contributed by atoms with Crippen molar-refractivity contribution < 1.29 is 9.53 Å². The van der Waals surface area contributed by atoms with Crippen molar-refractivity contribution >= 4 is 23.1 Å². The van der Waals surface area contributed by atoms with E-state index in [1.54, 1.807) is 11.7 Å². The van der Waals surface area contributed by atoms with Crippen LogP contribution in [0.2, 0.25) is 0 Å². The van der Waals surface area contributed by atoms with Crippen molar-refractivity contribution in [1.29, 1.82) is 5.26 Å². The number of carbonyl (C=O) groups is 1. The highest BCUT2D eigenvalue weighted by molar-refractivity contribution is 7.13. The number of hydrogen-bond donors (Lipinski definition) is 1. The Kier molecular flexibility index (Phi) is 4.11. The molecule has 0 saturated carbocycles. The molecule has 25 heavy (non-hydrogen) atoms. The van der Waals surface area contributed by atoms with E-state index < -0.39 is 0 Å². The first kappa shape index (κ1) is 16.0. The third-order valence-corrected chi connectivity index (χ3v) is 5.48. The molecule has 0 radical (unpaired) electrons. The lowest BCUT2D eigenvalue weighted by Crippen LogP contribution is -2.42. The zero-order valence-corrected chi connectivity index (χ0v) is 14.4. The van der Waals surface area contributed by atoms with E-state index in [0.29, 0.717) is 31.7 Å². The number of pyridine rings is 1. The van der Waals surface area contributed by atoms with E-state index in [-0.39, 0.29) is 17.8 Å². The molecule has 2 aromatic heterocycles. The summed E-state index contributed by atoms with van der Waals surface area (Å²) in [6.45, 7) is 1.65. The van der Waals surface area contributed by atoms with Crippen LogP contribution in [0.4, 0.5) is 5.82 Å². The predicted molar refractivity (Wildman–Crippen MR) is 92.6 cm³/mol. The van der Waals surface area contributed by atoms with Crippen LogP contribution >= 0.6 is 11.3 Å². The monoisotopic (exact) mass is 355 g/mol. The summed E-state index contributed by atoms with van der Waals surface area (Å²) in [5.74, 6) is 0.261. The van der Waals surface area contributed by atoms with Crippen molar-refractivity contribution in [1.82, 2.24) is 14.9 Å². The second-order valence-electron chi connectivity index (χ2n) is 6.16. The van der Waals surface area contributed by atoms with Gasteiger partial charge in [0.2, 0.25) is 0 Å². The highest BCUT2D eigenvalue weighted by atomic mass is 32.1. The summed E-state index contributed by atoms with van der Waals surface area (Å²) >= 11 is 1.45. The van der Waals surface area contributed by atoms with Gasteiger partial charge in [-0.2, -0.15) is 5.26 Å². The number of rotatable bonds is 2. The average molecular weight is 355 g/mol. The Morgan fingerprint density at radius 3 is 3.08 bits per heavy atom.